The molecule has 7 heteroatoms. The molecule has 0 bridgehead atoms. The second-order valence-electron chi connectivity index (χ2n) is 3.94. The quantitative estimate of drug-likeness (QED) is 0.832. The summed E-state index contributed by atoms with van der Waals surface area (Å²) >= 11 is 2.11. The Hall–Kier alpha value is -1.51. The molecule has 0 radical (unpaired) electrons. The number of aromatic nitrogens is 4. The Kier molecular flexibility index (Phi) is 4.13. The van der Waals surface area contributed by atoms with Crippen LogP contribution in [0.5, 0.6) is 0 Å². The van der Waals surface area contributed by atoms with Gasteiger partial charge in [-0.3, -0.25) is 0 Å². The van der Waals surface area contributed by atoms with Crippen molar-refractivity contribution in [3.8, 4) is 5.82 Å². The van der Waals surface area contributed by atoms with Crippen LogP contribution in [0.15, 0.2) is 12.4 Å². The van der Waals surface area contributed by atoms with Gasteiger partial charge in [-0.1, -0.05) is 13.8 Å². The van der Waals surface area contributed by atoms with Crippen LogP contribution in [0.2, 0.25) is 0 Å². The van der Waals surface area contributed by atoms with Crippen molar-refractivity contribution in [2.45, 2.75) is 26.7 Å². The smallest absolute Gasteiger partial charge is 0.339 e. The van der Waals surface area contributed by atoms with Crippen LogP contribution in [-0.4, -0.2) is 31.1 Å². The van der Waals surface area contributed by atoms with E-state index in [-0.39, 0.29) is 11.4 Å². The number of aromatic carboxylic acids is 1. The fraction of sp³-hybridized carbons (Fsp3) is 0.333. The Bertz CT molecular complexity index is 624. The molecule has 6 nitrogen and oxygen atoms in total. The van der Waals surface area contributed by atoms with Crippen molar-refractivity contribution in [3.05, 3.63) is 32.8 Å². The van der Waals surface area contributed by atoms with Crippen LogP contribution in [0, 0.1) is 3.57 Å². The second kappa shape index (κ2) is 5.64. The van der Waals surface area contributed by atoms with E-state index in [0.717, 1.165) is 14.8 Å². The van der Waals surface area contributed by atoms with Crippen LogP contribution in [0.4, 0.5) is 0 Å². The molecule has 2 heterocycles. The maximum Gasteiger partial charge on any atom is 0.339 e. The number of carbonyl (C=O) groups is 1. The summed E-state index contributed by atoms with van der Waals surface area (Å²) in [6.45, 7) is 3.85. The summed E-state index contributed by atoms with van der Waals surface area (Å²) in [5.41, 5.74) is 1.64. The summed E-state index contributed by atoms with van der Waals surface area (Å²) in [5.74, 6) is -0.730. The molecule has 0 unspecified atom stereocenters. The predicted octanol–water partition coefficient (Wildman–Crippen LogP) is 2.09. The third-order valence-electron chi connectivity index (χ3n) is 2.81. The highest BCUT2D eigenvalue weighted by atomic mass is 127. The van der Waals surface area contributed by atoms with Crippen LogP contribution < -0.4 is 0 Å². The summed E-state index contributed by atoms with van der Waals surface area (Å²) in [4.78, 5) is 11.5. The minimum absolute atomic E-state index is 0.189. The summed E-state index contributed by atoms with van der Waals surface area (Å²) < 4.78 is 2.37. The van der Waals surface area contributed by atoms with E-state index in [1.807, 2.05) is 13.8 Å². The molecule has 2 aromatic rings. The monoisotopic (exact) mass is 372 g/mol. The normalized spacial score (nSPS) is 10.7. The Morgan fingerprint density at radius 1 is 1.37 bits per heavy atom. The zero-order chi connectivity index (χ0) is 14.0. The van der Waals surface area contributed by atoms with Crippen molar-refractivity contribution in [2.24, 2.45) is 0 Å². The lowest BCUT2D eigenvalue weighted by Crippen LogP contribution is -2.15. The molecule has 0 aliphatic heterocycles. The molecular weight excluding hydrogens is 359 g/mol. The third-order valence-corrected chi connectivity index (χ3v) is 3.37. The molecule has 2 aromatic heterocycles. The average Bonchev–Trinajstić information content (AvgIpc) is 2.83. The lowest BCUT2D eigenvalue weighted by atomic mass is 10.0. The Morgan fingerprint density at radius 2 is 2.11 bits per heavy atom. The molecule has 0 saturated carbocycles. The van der Waals surface area contributed by atoms with E-state index < -0.39 is 5.97 Å². The first-order valence-electron chi connectivity index (χ1n) is 5.90. The molecule has 0 amide bonds. The number of carboxylic acid groups (broad SMARTS) is 1. The Labute approximate surface area is 124 Å². The van der Waals surface area contributed by atoms with Crippen molar-refractivity contribution in [2.75, 3.05) is 0 Å². The Morgan fingerprint density at radius 3 is 2.58 bits per heavy atom. The highest BCUT2D eigenvalue weighted by molar-refractivity contribution is 14.1. The maximum atomic E-state index is 11.5. The first kappa shape index (κ1) is 13.9. The molecule has 0 aliphatic rings. The molecular formula is C12H13IN4O2. The van der Waals surface area contributed by atoms with Gasteiger partial charge in [-0.05, 0) is 41.0 Å². The second-order valence-corrected chi connectivity index (χ2v) is 5.18. The molecule has 0 aliphatic carbocycles. The van der Waals surface area contributed by atoms with E-state index in [1.54, 1.807) is 12.4 Å². The lowest BCUT2D eigenvalue weighted by molar-refractivity contribution is 0.0694. The number of hydrogen-bond donors (Lipinski definition) is 1. The van der Waals surface area contributed by atoms with Crippen molar-refractivity contribution in [3.63, 3.8) is 0 Å². The van der Waals surface area contributed by atoms with E-state index in [2.05, 4.69) is 37.9 Å². The fourth-order valence-corrected chi connectivity index (χ4v) is 2.35. The average molecular weight is 372 g/mol. The molecule has 1 N–H and O–H groups in total. The van der Waals surface area contributed by atoms with Gasteiger partial charge in [-0.2, -0.15) is 10.2 Å². The van der Waals surface area contributed by atoms with Crippen molar-refractivity contribution >= 4 is 28.6 Å². The molecule has 0 atom stereocenters. The minimum Gasteiger partial charge on any atom is -0.478 e. The lowest BCUT2D eigenvalue weighted by Gasteiger charge is -2.11. The molecule has 100 valence electrons. The number of halogens is 1. The van der Waals surface area contributed by atoms with Crippen LogP contribution in [-0.2, 0) is 12.8 Å². The SMILES string of the molecule is CCc1nnc(-n2cc(I)cn2)c(C(=O)O)c1CC. The summed E-state index contributed by atoms with van der Waals surface area (Å²) in [6, 6.07) is 0. The number of nitrogens with zero attached hydrogens (tertiary/aromatic N) is 4. The van der Waals surface area contributed by atoms with Crippen LogP contribution in [0.3, 0.4) is 0 Å². The molecule has 0 aromatic carbocycles. The fourth-order valence-electron chi connectivity index (χ4n) is 1.96. The van der Waals surface area contributed by atoms with Gasteiger partial charge < -0.3 is 5.11 Å². The Balaban J connectivity index is 2.71. The van der Waals surface area contributed by atoms with E-state index in [0.29, 0.717) is 12.8 Å². The number of hydrogen-bond acceptors (Lipinski definition) is 4. The van der Waals surface area contributed by atoms with Crippen molar-refractivity contribution in [1.29, 1.82) is 0 Å². The minimum atomic E-state index is -0.998. The topological polar surface area (TPSA) is 80.9 Å². The van der Waals surface area contributed by atoms with Gasteiger partial charge in [0.05, 0.1) is 15.5 Å². The zero-order valence-electron chi connectivity index (χ0n) is 10.6. The van der Waals surface area contributed by atoms with E-state index in [9.17, 15) is 9.90 Å². The van der Waals surface area contributed by atoms with Crippen molar-refractivity contribution in [1.82, 2.24) is 20.0 Å². The first-order valence-corrected chi connectivity index (χ1v) is 6.98. The van der Waals surface area contributed by atoms with Gasteiger partial charge in [0, 0.05) is 6.20 Å². The molecule has 0 spiro atoms. The first-order chi connectivity index (χ1) is 9.08. The number of carboxylic acids is 1. The van der Waals surface area contributed by atoms with Crippen LogP contribution in [0.25, 0.3) is 5.82 Å². The van der Waals surface area contributed by atoms with Crippen molar-refractivity contribution < 1.29 is 9.90 Å². The summed E-state index contributed by atoms with van der Waals surface area (Å²) in [6.07, 6.45) is 4.63. The van der Waals surface area contributed by atoms with Gasteiger partial charge >= 0.3 is 5.97 Å². The highest BCUT2D eigenvalue weighted by Gasteiger charge is 2.21. The van der Waals surface area contributed by atoms with Gasteiger partial charge in [-0.25, -0.2) is 9.48 Å². The van der Waals surface area contributed by atoms with Crippen LogP contribution in [0.1, 0.15) is 35.5 Å². The highest BCUT2D eigenvalue weighted by Crippen LogP contribution is 2.20. The molecule has 19 heavy (non-hydrogen) atoms. The molecule has 2 rings (SSSR count). The number of aryl methyl sites for hydroxylation is 1. The van der Waals surface area contributed by atoms with Gasteiger partial charge in [0.1, 0.15) is 5.56 Å². The summed E-state index contributed by atoms with van der Waals surface area (Å²) in [7, 11) is 0. The van der Waals surface area contributed by atoms with Gasteiger partial charge in [0.15, 0.2) is 5.82 Å². The zero-order valence-corrected chi connectivity index (χ0v) is 12.7. The molecule has 0 fully saturated rings. The predicted molar refractivity (Wildman–Crippen MR) is 77.6 cm³/mol. The van der Waals surface area contributed by atoms with Gasteiger partial charge in [-0.15, -0.1) is 5.10 Å². The van der Waals surface area contributed by atoms with E-state index in [1.165, 1.54) is 4.68 Å². The van der Waals surface area contributed by atoms with Gasteiger partial charge in [0.25, 0.3) is 0 Å². The largest absolute Gasteiger partial charge is 0.478 e. The van der Waals surface area contributed by atoms with E-state index in [4.69, 9.17) is 0 Å². The van der Waals surface area contributed by atoms with Crippen LogP contribution >= 0.6 is 22.6 Å². The van der Waals surface area contributed by atoms with E-state index >= 15 is 0 Å². The van der Waals surface area contributed by atoms with Gasteiger partial charge in [0.2, 0.25) is 0 Å². The summed E-state index contributed by atoms with van der Waals surface area (Å²) in [5, 5.41) is 21.7. The molecule has 0 saturated heterocycles. The maximum absolute atomic E-state index is 11.5. The number of rotatable bonds is 4. The third kappa shape index (κ3) is 2.60. The standard InChI is InChI=1S/C12H13IN4O2/c1-3-8-9(4-2)15-16-11(10(8)12(18)19)17-6-7(13)5-14-17/h5-6H,3-4H2,1-2H3,(H,18,19).